The van der Waals surface area contributed by atoms with Crippen LogP contribution < -0.4 is 9.96 Å². The number of nitrogens with zero attached hydrogens (tertiary/aromatic N) is 2. The molecule has 0 aromatic heterocycles. The summed E-state index contributed by atoms with van der Waals surface area (Å²) in [5, 5.41) is 2.38. The van der Waals surface area contributed by atoms with E-state index in [9.17, 15) is 9.59 Å². The Bertz CT molecular complexity index is 1150. The first-order valence-electron chi connectivity index (χ1n) is 9.85. The third-order valence-electron chi connectivity index (χ3n) is 5.65. The van der Waals surface area contributed by atoms with Crippen molar-refractivity contribution in [1.29, 1.82) is 0 Å². The fourth-order valence-electron chi connectivity index (χ4n) is 4.24. The summed E-state index contributed by atoms with van der Waals surface area (Å²) in [7, 11) is 0. The minimum Gasteiger partial charge on any atom is -0.273 e. The van der Waals surface area contributed by atoms with Crippen molar-refractivity contribution < 1.29 is 14.4 Å². The monoisotopic (exact) mass is 452 g/mol. The Labute approximate surface area is 189 Å². The number of halogens is 2. The first-order chi connectivity index (χ1) is 14.9. The quantitative estimate of drug-likeness (QED) is 0.502. The molecular weight excluding hydrogens is 435 g/mol. The molecule has 5 rings (SSSR count). The number of para-hydroxylation sites is 1. The molecule has 0 saturated carbocycles. The molecule has 5 nitrogen and oxygen atoms in total. The zero-order valence-electron chi connectivity index (χ0n) is 16.5. The Balaban J connectivity index is 1.59. The highest BCUT2D eigenvalue weighted by Crippen LogP contribution is 2.47. The van der Waals surface area contributed by atoms with Crippen molar-refractivity contribution in [2.45, 2.75) is 19.1 Å². The van der Waals surface area contributed by atoms with Gasteiger partial charge in [0.1, 0.15) is 5.92 Å². The SMILES string of the molecule is Cc1ccc([C@@H]2[C@H]3C(=O)N(c4cc(Cl)cc(Cl)c4)C(=O)[C@H]3ON2c2ccccc2)cc1. The highest BCUT2D eigenvalue weighted by atomic mass is 35.5. The molecule has 3 aromatic carbocycles. The van der Waals surface area contributed by atoms with E-state index in [1.165, 1.54) is 0 Å². The van der Waals surface area contributed by atoms with Gasteiger partial charge in [-0.1, -0.05) is 71.2 Å². The van der Waals surface area contributed by atoms with Crippen LogP contribution in [-0.4, -0.2) is 17.9 Å². The number of benzene rings is 3. The lowest BCUT2D eigenvalue weighted by molar-refractivity contribution is -0.126. The molecule has 0 unspecified atom stereocenters. The maximum absolute atomic E-state index is 13.6. The number of aryl methyl sites for hydroxylation is 1. The van der Waals surface area contributed by atoms with Crippen molar-refractivity contribution in [3.63, 3.8) is 0 Å². The van der Waals surface area contributed by atoms with Gasteiger partial charge in [0.25, 0.3) is 5.91 Å². The van der Waals surface area contributed by atoms with Crippen LogP contribution >= 0.6 is 23.2 Å². The van der Waals surface area contributed by atoms with Crippen LogP contribution in [0.1, 0.15) is 17.2 Å². The minimum atomic E-state index is -0.934. The summed E-state index contributed by atoms with van der Waals surface area (Å²) in [6.45, 7) is 2.00. The van der Waals surface area contributed by atoms with Gasteiger partial charge in [0.15, 0.2) is 6.10 Å². The van der Waals surface area contributed by atoms with E-state index in [4.69, 9.17) is 28.0 Å². The van der Waals surface area contributed by atoms with Crippen LogP contribution in [0.3, 0.4) is 0 Å². The molecule has 2 amide bonds. The van der Waals surface area contributed by atoms with Crippen LogP contribution in [0.5, 0.6) is 0 Å². The fourth-order valence-corrected chi connectivity index (χ4v) is 4.75. The maximum Gasteiger partial charge on any atom is 0.266 e. The van der Waals surface area contributed by atoms with Gasteiger partial charge in [0.05, 0.1) is 17.4 Å². The van der Waals surface area contributed by atoms with Gasteiger partial charge in [0, 0.05) is 10.0 Å². The van der Waals surface area contributed by atoms with Gasteiger partial charge in [-0.25, -0.2) is 9.96 Å². The van der Waals surface area contributed by atoms with E-state index >= 15 is 0 Å². The molecule has 3 aromatic rings. The Hall–Kier alpha value is -2.86. The van der Waals surface area contributed by atoms with Gasteiger partial charge >= 0.3 is 0 Å². The van der Waals surface area contributed by atoms with Crippen LogP contribution in [0.4, 0.5) is 11.4 Å². The third kappa shape index (κ3) is 3.39. The van der Waals surface area contributed by atoms with E-state index in [0.29, 0.717) is 15.7 Å². The van der Waals surface area contributed by atoms with Crippen LogP contribution in [0.25, 0.3) is 0 Å². The topological polar surface area (TPSA) is 49.9 Å². The number of rotatable bonds is 3. The number of fused-ring (bicyclic) bond motifs is 1. The van der Waals surface area contributed by atoms with Crippen LogP contribution in [0.15, 0.2) is 72.8 Å². The standard InChI is InChI=1S/C24H18Cl2N2O3/c1-14-7-9-15(10-8-14)21-20-22(31-28(21)18-5-3-2-4-6-18)24(30)27(23(20)29)19-12-16(25)11-17(26)13-19/h2-13,20-22H,1H3/t20-,21-,22+/m1/s1. The third-order valence-corrected chi connectivity index (χ3v) is 6.09. The molecule has 2 aliphatic heterocycles. The van der Waals surface area contributed by atoms with Crippen molar-refractivity contribution in [2.75, 3.05) is 9.96 Å². The largest absolute Gasteiger partial charge is 0.273 e. The second-order valence-electron chi connectivity index (χ2n) is 7.71. The van der Waals surface area contributed by atoms with Gasteiger partial charge < -0.3 is 0 Å². The Morgan fingerprint density at radius 2 is 1.45 bits per heavy atom. The number of hydrogen-bond donors (Lipinski definition) is 0. The summed E-state index contributed by atoms with van der Waals surface area (Å²) in [5.74, 6) is -1.46. The van der Waals surface area contributed by atoms with Crippen molar-refractivity contribution in [1.82, 2.24) is 0 Å². The van der Waals surface area contributed by atoms with E-state index in [1.807, 2.05) is 61.5 Å². The van der Waals surface area contributed by atoms with Crippen LogP contribution in [-0.2, 0) is 14.4 Å². The molecule has 0 radical (unpaired) electrons. The predicted molar refractivity (Wildman–Crippen MR) is 120 cm³/mol. The average Bonchev–Trinajstić information content (AvgIpc) is 3.25. The van der Waals surface area contributed by atoms with E-state index in [0.717, 1.165) is 21.7 Å². The maximum atomic E-state index is 13.6. The molecule has 0 aliphatic carbocycles. The molecule has 0 N–H and O–H groups in total. The summed E-state index contributed by atoms with van der Waals surface area (Å²) in [4.78, 5) is 34.1. The molecule has 7 heteroatoms. The number of anilines is 2. The lowest BCUT2D eigenvalue weighted by Crippen LogP contribution is -2.37. The van der Waals surface area contributed by atoms with E-state index in [2.05, 4.69) is 0 Å². The number of imide groups is 1. The molecule has 31 heavy (non-hydrogen) atoms. The number of carbonyl (C=O) groups excluding carboxylic acids is 2. The first kappa shape index (κ1) is 20.1. The van der Waals surface area contributed by atoms with Crippen molar-refractivity contribution >= 4 is 46.4 Å². The van der Waals surface area contributed by atoms with Gasteiger partial charge in [0.2, 0.25) is 5.91 Å². The van der Waals surface area contributed by atoms with E-state index in [1.54, 1.807) is 23.3 Å². The molecule has 2 saturated heterocycles. The van der Waals surface area contributed by atoms with Gasteiger partial charge in [-0.2, -0.15) is 0 Å². The number of carbonyl (C=O) groups is 2. The lowest BCUT2D eigenvalue weighted by atomic mass is 9.90. The Kier molecular flexibility index (Phi) is 4.97. The highest BCUT2D eigenvalue weighted by Gasteiger charge is 2.60. The van der Waals surface area contributed by atoms with E-state index in [-0.39, 0.29) is 5.91 Å². The molecule has 156 valence electrons. The second kappa shape index (κ2) is 7.68. The first-order valence-corrected chi connectivity index (χ1v) is 10.6. The zero-order valence-corrected chi connectivity index (χ0v) is 18.0. The van der Waals surface area contributed by atoms with Gasteiger partial charge in [-0.05, 0) is 42.8 Å². The van der Waals surface area contributed by atoms with Crippen molar-refractivity contribution in [2.24, 2.45) is 5.92 Å². The molecule has 0 bridgehead atoms. The molecule has 2 fully saturated rings. The van der Waals surface area contributed by atoms with Gasteiger partial charge in [-0.3, -0.25) is 14.4 Å². The highest BCUT2D eigenvalue weighted by molar-refractivity contribution is 6.35. The summed E-state index contributed by atoms with van der Waals surface area (Å²) >= 11 is 12.2. The second-order valence-corrected chi connectivity index (χ2v) is 8.58. The van der Waals surface area contributed by atoms with E-state index < -0.39 is 24.0 Å². The van der Waals surface area contributed by atoms with Crippen molar-refractivity contribution in [3.05, 3.63) is 94.0 Å². The molecule has 0 spiro atoms. The average molecular weight is 453 g/mol. The molecule has 3 atom stereocenters. The smallest absolute Gasteiger partial charge is 0.266 e. The predicted octanol–water partition coefficient (Wildman–Crippen LogP) is 5.35. The number of hydroxylamine groups is 1. The zero-order chi connectivity index (χ0) is 21.7. The Morgan fingerprint density at radius 1 is 0.806 bits per heavy atom. The summed E-state index contributed by atoms with van der Waals surface area (Å²) in [6.07, 6.45) is -0.934. The van der Waals surface area contributed by atoms with Crippen molar-refractivity contribution in [3.8, 4) is 0 Å². The fraction of sp³-hybridized carbons (Fsp3) is 0.167. The molecule has 2 heterocycles. The lowest BCUT2D eigenvalue weighted by Gasteiger charge is -2.29. The minimum absolute atomic E-state index is 0.336. The molecule has 2 aliphatic rings. The van der Waals surface area contributed by atoms with Crippen LogP contribution in [0.2, 0.25) is 10.0 Å². The summed E-state index contributed by atoms with van der Waals surface area (Å²) in [6, 6.07) is 21.6. The normalized spacial score (nSPS) is 22.9. The van der Waals surface area contributed by atoms with Crippen LogP contribution in [0, 0.1) is 12.8 Å². The Morgan fingerprint density at radius 3 is 2.10 bits per heavy atom. The van der Waals surface area contributed by atoms with Gasteiger partial charge in [-0.15, -0.1) is 0 Å². The number of amides is 2. The summed E-state index contributed by atoms with van der Waals surface area (Å²) in [5.41, 5.74) is 3.13. The number of hydrogen-bond acceptors (Lipinski definition) is 4. The summed E-state index contributed by atoms with van der Waals surface area (Å²) < 4.78 is 0. The molecular formula is C24H18Cl2N2O3.